The zero-order valence-electron chi connectivity index (χ0n) is 19.7. The molecule has 1 aliphatic heterocycles. The number of rotatable bonds is 6. The number of hydrogen-bond acceptors (Lipinski definition) is 5. The third-order valence-electron chi connectivity index (χ3n) is 6.13. The molecule has 186 valence electrons. The second kappa shape index (κ2) is 11.3. The third kappa shape index (κ3) is 5.88. The molecule has 2 heterocycles. The van der Waals surface area contributed by atoms with Crippen LogP contribution in [0.15, 0.2) is 60.7 Å². The Kier molecular flexibility index (Phi) is 7.95. The van der Waals surface area contributed by atoms with Gasteiger partial charge < -0.3 is 15.0 Å². The van der Waals surface area contributed by atoms with Crippen LogP contribution in [0.1, 0.15) is 62.3 Å². The Bertz CT molecular complexity index is 1260. The molecule has 1 aromatic heterocycles. The molecule has 2 aromatic carbocycles. The molecule has 7 nitrogen and oxygen atoms in total. The highest BCUT2D eigenvalue weighted by atomic mass is 35.5. The van der Waals surface area contributed by atoms with Crippen LogP contribution in [0.5, 0.6) is 0 Å². The molecule has 1 aliphatic rings. The van der Waals surface area contributed by atoms with E-state index in [9.17, 15) is 18.8 Å². The maximum atomic E-state index is 14.0. The Morgan fingerprint density at radius 2 is 1.64 bits per heavy atom. The quantitative estimate of drug-likeness (QED) is 0.359. The van der Waals surface area contributed by atoms with E-state index in [1.165, 1.54) is 12.1 Å². The average molecular weight is 510 g/mol. The maximum absolute atomic E-state index is 14.0. The van der Waals surface area contributed by atoms with Gasteiger partial charge in [0.25, 0.3) is 11.8 Å². The van der Waals surface area contributed by atoms with Crippen LogP contribution >= 0.6 is 11.6 Å². The minimum Gasteiger partial charge on any atom is -0.462 e. The van der Waals surface area contributed by atoms with Crippen LogP contribution < -0.4 is 5.32 Å². The van der Waals surface area contributed by atoms with Gasteiger partial charge in [0.2, 0.25) is 5.95 Å². The topological polar surface area (TPSA) is 88.6 Å². The third-order valence-corrected chi connectivity index (χ3v) is 6.34. The SMILES string of the molecule is CCOC(=O)c1ccc(C(=O)Nc2ccc(C3CCN(C(=O)c4ccc(Cl)nc4F)CC3)cc2)cc1. The molecule has 0 aliphatic carbocycles. The second-order valence-corrected chi connectivity index (χ2v) is 8.80. The monoisotopic (exact) mass is 509 g/mol. The summed E-state index contributed by atoms with van der Waals surface area (Å²) in [4.78, 5) is 42.1. The van der Waals surface area contributed by atoms with Crippen molar-refractivity contribution in [3.8, 4) is 0 Å². The number of pyridine rings is 1. The molecular formula is C27H25ClFN3O4. The van der Waals surface area contributed by atoms with Crippen molar-refractivity contribution in [2.45, 2.75) is 25.7 Å². The number of halogens is 2. The van der Waals surface area contributed by atoms with Gasteiger partial charge >= 0.3 is 5.97 Å². The zero-order chi connectivity index (χ0) is 25.7. The zero-order valence-corrected chi connectivity index (χ0v) is 20.4. The summed E-state index contributed by atoms with van der Waals surface area (Å²) in [5, 5.41) is 2.86. The number of ether oxygens (including phenoxy) is 1. The number of piperidine rings is 1. The Morgan fingerprint density at radius 3 is 2.25 bits per heavy atom. The van der Waals surface area contributed by atoms with Crippen molar-refractivity contribution in [3.63, 3.8) is 0 Å². The van der Waals surface area contributed by atoms with Crippen LogP contribution in [-0.4, -0.2) is 47.4 Å². The normalized spacial score (nSPS) is 13.8. The standard InChI is InChI=1S/C27H25ClFN3O4/c1-2-36-27(35)20-5-3-19(4-6-20)25(33)30-21-9-7-17(8-10-21)18-13-15-32(16-14-18)26(34)22-11-12-23(28)31-24(22)29/h3-12,18H,2,13-16H2,1H3,(H,30,33). The maximum Gasteiger partial charge on any atom is 0.338 e. The molecule has 0 unspecified atom stereocenters. The van der Waals surface area contributed by atoms with Crippen LogP contribution in [0.25, 0.3) is 0 Å². The lowest BCUT2D eigenvalue weighted by atomic mass is 9.89. The highest BCUT2D eigenvalue weighted by molar-refractivity contribution is 6.29. The van der Waals surface area contributed by atoms with Gasteiger partial charge in [-0.3, -0.25) is 9.59 Å². The first-order valence-corrected chi connectivity index (χ1v) is 12.0. The first kappa shape index (κ1) is 25.3. The van der Waals surface area contributed by atoms with E-state index in [2.05, 4.69) is 10.3 Å². The number of nitrogens with zero attached hydrogens (tertiary/aromatic N) is 2. The molecule has 3 aromatic rings. The Morgan fingerprint density at radius 1 is 1.00 bits per heavy atom. The molecule has 0 radical (unpaired) electrons. The van der Waals surface area contributed by atoms with Gasteiger partial charge in [0, 0.05) is 24.3 Å². The number of nitrogens with one attached hydrogen (secondary N) is 1. The summed E-state index contributed by atoms with van der Waals surface area (Å²) in [6.07, 6.45) is 1.49. The van der Waals surface area contributed by atoms with Crippen molar-refractivity contribution in [2.24, 2.45) is 0 Å². The molecule has 1 fully saturated rings. The van der Waals surface area contributed by atoms with Gasteiger partial charge in [0.15, 0.2) is 0 Å². The number of esters is 1. The molecule has 9 heteroatoms. The molecule has 1 saturated heterocycles. The van der Waals surface area contributed by atoms with E-state index in [1.54, 1.807) is 36.1 Å². The fourth-order valence-corrected chi connectivity index (χ4v) is 4.31. The van der Waals surface area contributed by atoms with Crippen molar-refractivity contribution in [1.29, 1.82) is 0 Å². The minimum absolute atomic E-state index is 0.00861. The van der Waals surface area contributed by atoms with Crippen LogP contribution in [0.4, 0.5) is 10.1 Å². The van der Waals surface area contributed by atoms with E-state index in [0.717, 1.165) is 18.4 Å². The summed E-state index contributed by atoms with van der Waals surface area (Å²) < 4.78 is 19.0. The fourth-order valence-electron chi connectivity index (χ4n) is 4.17. The second-order valence-electron chi connectivity index (χ2n) is 8.41. The number of anilines is 1. The number of carbonyl (C=O) groups is 3. The van der Waals surface area contributed by atoms with Gasteiger partial charge in [-0.2, -0.15) is 4.39 Å². The number of benzene rings is 2. The predicted octanol–water partition coefficient (Wildman–Crippen LogP) is 5.32. The number of hydrogen-bond donors (Lipinski definition) is 1. The van der Waals surface area contributed by atoms with Gasteiger partial charge in [0.05, 0.1) is 17.7 Å². The summed E-state index contributed by atoms with van der Waals surface area (Å²) in [6.45, 7) is 3.03. The largest absolute Gasteiger partial charge is 0.462 e. The van der Waals surface area contributed by atoms with Gasteiger partial charge in [-0.1, -0.05) is 23.7 Å². The Hall–Kier alpha value is -3.78. The highest BCUT2D eigenvalue weighted by Crippen LogP contribution is 2.30. The number of likely N-dealkylation sites (tertiary alicyclic amines) is 1. The van der Waals surface area contributed by atoms with Crippen molar-refractivity contribution in [1.82, 2.24) is 9.88 Å². The molecule has 4 rings (SSSR count). The van der Waals surface area contributed by atoms with Gasteiger partial charge in [-0.15, -0.1) is 0 Å². The summed E-state index contributed by atoms with van der Waals surface area (Å²) in [7, 11) is 0. The summed E-state index contributed by atoms with van der Waals surface area (Å²) in [5.74, 6) is -1.70. The summed E-state index contributed by atoms with van der Waals surface area (Å²) >= 11 is 5.68. The van der Waals surface area contributed by atoms with Gasteiger partial charge in [0.1, 0.15) is 5.15 Å². The average Bonchev–Trinajstić information content (AvgIpc) is 2.89. The lowest BCUT2D eigenvalue weighted by molar-refractivity contribution is 0.0525. The van der Waals surface area contributed by atoms with Crippen LogP contribution in [0.2, 0.25) is 5.15 Å². The first-order valence-electron chi connectivity index (χ1n) is 11.7. The molecular weight excluding hydrogens is 485 g/mol. The smallest absolute Gasteiger partial charge is 0.338 e. The minimum atomic E-state index is -0.859. The van der Waals surface area contributed by atoms with E-state index >= 15 is 0 Å². The molecule has 2 amide bonds. The summed E-state index contributed by atoms with van der Waals surface area (Å²) in [5.41, 5.74) is 2.50. The number of amides is 2. The first-order chi connectivity index (χ1) is 17.4. The molecule has 0 spiro atoms. The highest BCUT2D eigenvalue weighted by Gasteiger charge is 2.26. The molecule has 0 saturated carbocycles. The Labute approximate surface area is 213 Å². The lowest BCUT2D eigenvalue weighted by Crippen LogP contribution is -2.38. The molecule has 0 atom stereocenters. The Balaban J connectivity index is 1.31. The van der Waals surface area contributed by atoms with E-state index in [1.807, 2.05) is 24.3 Å². The van der Waals surface area contributed by atoms with Crippen LogP contribution in [0.3, 0.4) is 0 Å². The van der Waals surface area contributed by atoms with E-state index < -0.39 is 11.9 Å². The molecule has 0 bridgehead atoms. The van der Waals surface area contributed by atoms with E-state index in [-0.39, 0.29) is 35.1 Å². The number of carbonyl (C=O) groups excluding carboxylic acids is 3. The summed E-state index contributed by atoms with van der Waals surface area (Å²) in [6, 6.07) is 16.7. The van der Waals surface area contributed by atoms with Crippen molar-refractivity contribution in [3.05, 3.63) is 94.0 Å². The lowest BCUT2D eigenvalue weighted by Gasteiger charge is -2.32. The van der Waals surface area contributed by atoms with Crippen molar-refractivity contribution in [2.75, 3.05) is 25.0 Å². The van der Waals surface area contributed by atoms with Crippen LogP contribution in [-0.2, 0) is 4.74 Å². The van der Waals surface area contributed by atoms with Gasteiger partial charge in [-0.05, 0) is 79.8 Å². The fraction of sp³-hybridized carbons (Fsp3) is 0.259. The van der Waals surface area contributed by atoms with Gasteiger partial charge in [-0.25, -0.2) is 9.78 Å². The van der Waals surface area contributed by atoms with Crippen molar-refractivity contribution < 1.29 is 23.5 Å². The molecule has 1 N–H and O–H groups in total. The molecule has 36 heavy (non-hydrogen) atoms. The van der Waals surface area contributed by atoms with E-state index in [0.29, 0.717) is 29.9 Å². The van der Waals surface area contributed by atoms with Crippen LogP contribution in [0, 0.1) is 5.95 Å². The predicted molar refractivity (Wildman–Crippen MR) is 134 cm³/mol. The van der Waals surface area contributed by atoms with Crippen molar-refractivity contribution >= 4 is 35.1 Å². The number of aromatic nitrogens is 1. The van der Waals surface area contributed by atoms with E-state index in [4.69, 9.17) is 16.3 Å².